The Bertz CT molecular complexity index is 499. The van der Waals surface area contributed by atoms with Crippen LogP contribution in [-0.4, -0.2) is 66.6 Å². The standard InChI is InChI=1S/C20H41N5O4/c1-5-6-7-8-11-23-15(9-10-21)19(28)25-17(14(4)26)20(29)24-16(12-22)18(27)13(2)3/h13-17,23,26H,5-12,21-22H2,1-4H3,(H,24,29)(H,25,28)/t14?,15-,16-,17-/m0/s1. The van der Waals surface area contributed by atoms with Gasteiger partial charge in [-0.05, 0) is 32.9 Å². The van der Waals surface area contributed by atoms with Crippen LogP contribution in [0.2, 0.25) is 0 Å². The molecule has 0 aliphatic rings. The van der Waals surface area contributed by atoms with Crippen molar-refractivity contribution in [2.45, 2.75) is 84.0 Å². The van der Waals surface area contributed by atoms with Gasteiger partial charge < -0.3 is 32.5 Å². The van der Waals surface area contributed by atoms with Crippen molar-refractivity contribution in [2.24, 2.45) is 17.4 Å². The van der Waals surface area contributed by atoms with Gasteiger partial charge in [-0.1, -0.05) is 40.0 Å². The van der Waals surface area contributed by atoms with Crippen LogP contribution in [0.15, 0.2) is 0 Å². The maximum atomic E-state index is 12.7. The van der Waals surface area contributed by atoms with Gasteiger partial charge in [-0.25, -0.2) is 0 Å². The molecule has 1 unspecified atom stereocenters. The number of nitrogens with one attached hydrogen (secondary N) is 3. The number of hydrogen-bond donors (Lipinski definition) is 6. The normalized spacial score (nSPS) is 15.4. The Kier molecular flexibility index (Phi) is 14.5. The zero-order valence-electron chi connectivity index (χ0n) is 18.4. The van der Waals surface area contributed by atoms with E-state index in [0.29, 0.717) is 19.5 Å². The number of carbonyl (C=O) groups excluding carboxylic acids is 3. The summed E-state index contributed by atoms with van der Waals surface area (Å²) in [5.74, 6) is -1.56. The first-order chi connectivity index (χ1) is 13.7. The van der Waals surface area contributed by atoms with Crippen molar-refractivity contribution in [3.05, 3.63) is 0 Å². The summed E-state index contributed by atoms with van der Waals surface area (Å²) in [7, 11) is 0. The molecule has 0 saturated carbocycles. The van der Waals surface area contributed by atoms with Crippen molar-refractivity contribution in [1.29, 1.82) is 0 Å². The van der Waals surface area contributed by atoms with E-state index in [2.05, 4.69) is 22.9 Å². The summed E-state index contributed by atoms with van der Waals surface area (Å²) in [6, 6.07) is -2.62. The highest BCUT2D eigenvalue weighted by Gasteiger charge is 2.31. The Morgan fingerprint density at radius 2 is 1.59 bits per heavy atom. The number of carbonyl (C=O) groups is 3. The van der Waals surface area contributed by atoms with Crippen molar-refractivity contribution in [3.63, 3.8) is 0 Å². The minimum Gasteiger partial charge on any atom is -0.391 e. The Labute approximate surface area is 174 Å². The maximum absolute atomic E-state index is 12.7. The first kappa shape index (κ1) is 27.5. The smallest absolute Gasteiger partial charge is 0.245 e. The summed E-state index contributed by atoms with van der Waals surface area (Å²) in [5.41, 5.74) is 11.2. The van der Waals surface area contributed by atoms with Crippen molar-refractivity contribution >= 4 is 17.6 Å². The van der Waals surface area contributed by atoms with Gasteiger partial charge in [0.05, 0.1) is 18.2 Å². The fourth-order valence-corrected chi connectivity index (χ4v) is 2.89. The second-order valence-electron chi connectivity index (χ2n) is 7.73. The molecule has 0 spiro atoms. The van der Waals surface area contributed by atoms with Gasteiger partial charge >= 0.3 is 0 Å². The number of nitrogens with two attached hydrogens (primary N) is 2. The number of amides is 2. The molecule has 8 N–H and O–H groups in total. The molecule has 4 atom stereocenters. The number of Topliss-reactive ketones (excluding diaryl/α,β-unsaturated/α-hetero) is 1. The third kappa shape index (κ3) is 10.7. The lowest BCUT2D eigenvalue weighted by molar-refractivity contribution is -0.135. The van der Waals surface area contributed by atoms with Gasteiger partial charge in [0, 0.05) is 12.5 Å². The lowest BCUT2D eigenvalue weighted by atomic mass is 10.0. The lowest BCUT2D eigenvalue weighted by Crippen LogP contribution is -2.60. The number of unbranched alkanes of at least 4 members (excludes halogenated alkanes) is 3. The summed E-state index contributed by atoms with van der Waals surface area (Å²) in [5, 5.41) is 18.3. The molecule has 0 aliphatic heterocycles. The molecule has 29 heavy (non-hydrogen) atoms. The highest BCUT2D eigenvalue weighted by atomic mass is 16.3. The predicted molar refractivity (Wildman–Crippen MR) is 114 cm³/mol. The molecule has 0 radical (unpaired) electrons. The van der Waals surface area contributed by atoms with E-state index in [-0.39, 0.29) is 18.2 Å². The molecule has 2 amide bonds. The SMILES string of the molecule is CCCCCCN[C@@H](CCN)C(=O)N[C@H](C(=O)N[C@@H](CN)C(=O)C(C)C)C(C)O. The molecule has 0 heterocycles. The average molecular weight is 416 g/mol. The largest absolute Gasteiger partial charge is 0.391 e. The van der Waals surface area contributed by atoms with Crippen LogP contribution in [0.25, 0.3) is 0 Å². The fraction of sp³-hybridized carbons (Fsp3) is 0.850. The maximum Gasteiger partial charge on any atom is 0.245 e. The third-order valence-electron chi connectivity index (χ3n) is 4.72. The molecule has 170 valence electrons. The van der Waals surface area contributed by atoms with Gasteiger partial charge in [-0.2, -0.15) is 0 Å². The van der Waals surface area contributed by atoms with Crippen molar-refractivity contribution < 1.29 is 19.5 Å². The van der Waals surface area contributed by atoms with E-state index in [4.69, 9.17) is 11.5 Å². The van der Waals surface area contributed by atoms with E-state index in [0.717, 1.165) is 25.7 Å². The number of aliphatic hydroxyl groups is 1. The molecule has 0 fully saturated rings. The minimum absolute atomic E-state index is 0.0572. The molecule has 9 heteroatoms. The molecule has 0 aromatic heterocycles. The van der Waals surface area contributed by atoms with Crippen LogP contribution in [0.4, 0.5) is 0 Å². The Morgan fingerprint density at radius 1 is 0.931 bits per heavy atom. The number of aliphatic hydroxyl groups excluding tert-OH is 1. The van der Waals surface area contributed by atoms with Crippen LogP contribution in [0.5, 0.6) is 0 Å². The predicted octanol–water partition coefficient (Wildman–Crippen LogP) is -0.592. The van der Waals surface area contributed by atoms with Crippen LogP contribution in [0.1, 0.15) is 59.8 Å². The van der Waals surface area contributed by atoms with Gasteiger partial charge in [0.25, 0.3) is 0 Å². The monoisotopic (exact) mass is 415 g/mol. The first-order valence-electron chi connectivity index (χ1n) is 10.7. The summed E-state index contributed by atoms with van der Waals surface area (Å²) < 4.78 is 0. The van der Waals surface area contributed by atoms with Crippen LogP contribution < -0.4 is 27.4 Å². The Hall–Kier alpha value is -1.55. The number of ketones is 1. The number of rotatable bonds is 16. The first-order valence-corrected chi connectivity index (χ1v) is 10.7. The topological polar surface area (TPSA) is 160 Å². The summed E-state index contributed by atoms with van der Waals surface area (Å²) >= 11 is 0. The lowest BCUT2D eigenvalue weighted by Gasteiger charge is -2.26. The van der Waals surface area contributed by atoms with Gasteiger partial charge in [0.2, 0.25) is 11.8 Å². The second-order valence-corrected chi connectivity index (χ2v) is 7.73. The van der Waals surface area contributed by atoms with Crippen molar-refractivity contribution in [1.82, 2.24) is 16.0 Å². The molecule has 0 aromatic rings. The van der Waals surface area contributed by atoms with Crippen LogP contribution in [-0.2, 0) is 14.4 Å². The van der Waals surface area contributed by atoms with E-state index in [1.54, 1.807) is 13.8 Å². The minimum atomic E-state index is -1.20. The molecule has 0 aliphatic carbocycles. The third-order valence-corrected chi connectivity index (χ3v) is 4.72. The Balaban J connectivity index is 4.96. The van der Waals surface area contributed by atoms with Crippen LogP contribution in [0, 0.1) is 5.92 Å². The quantitative estimate of drug-likeness (QED) is 0.184. The Morgan fingerprint density at radius 3 is 2.07 bits per heavy atom. The molecule has 9 nitrogen and oxygen atoms in total. The summed E-state index contributed by atoms with van der Waals surface area (Å²) in [4.78, 5) is 37.4. The number of hydrogen-bond acceptors (Lipinski definition) is 7. The highest BCUT2D eigenvalue weighted by molar-refractivity contribution is 5.94. The van der Waals surface area contributed by atoms with E-state index in [1.165, 1.54) is 6.92 Å². The fourth-order valence-electron chi connectivity index (χ4n) is 2.89. The van der Waals surface area contributed by atoms with Crippen molar-refractivity contribution in [3.8, 4) is 0 Å². The molecule has 0 rings (SSSR count). The van der Waals surface area contributed by atoms with Gasteiger partial charge in [-0.3, -0.25) is 14.4 Å². The molecule has 0 saturated heterocycles. The average Bonchev–Trinajstić information content (AvgIpc) is 2.67. The summed E-state index contributed by atoms with van der Waals surface area (Å²) in [6.45, 7) is 7.89. The zero-order valence-corrected chi connectivity index (χ0v) is 18.4. The molecule has 0 aromatic carbocycles. The second kappa shape index (κ2) is 15.3. The van der Waals surface area contributed by atoms with E-state index in [1.807, 2.05) is 0 Å². The van der Waals surface area contributed by atoms with Gasteiger partial charge in [0.1, 0.15) is 6.04 Å². The molecular formula is C20H41N5O4. The van der Waals surface area contributed by atoms with E-state index >= 15 is 0 Å². The summed E-state index contributed by atoms with van der Waals surface area (Å²) in [6.07, 6.45) is 3.54. The van der Waals surface area contributed by atoms with Crippen LogP contribution in [0.3, 0.4) is 0 Å². The highest BCUT2D eigenvalue weighted by Crippen LogP contribution is 2.03. The molecule has 0 bridgehead atoms. The van der Waals surface area contributed by atoms with Gasteiger partial charge in [0.15, 0.2) is 5.78 Å². The van der Waals surface area contributed by atoms with Crippen molar-refractivity contribution in [2.75, 3.05) is 19.6 Å². The molecular weight excluding hydrogens is 374 g/mol. The van der Waals surface area contributed by atoms with Crippen LogP contribution >= 0.6 is 0 Å². The van der Waals surface area contributed by atoms with E-state index in [9.17, 15) is 19.5 Å². The van der Waals surface area contributed by atoms with E-state index < -0.39 is 36.0 Å². The zero-order chi connectivity index (χ0) is 22.4. The van der Waals surface area contributed by atoms with Gasteiger partial charge in [-0.15, -0.1) is 0 Å².